The van der Waals surface area contributed by atoms with E-state index in [9.17, 15) is 0 Å². The van der Waals surface area contributed by atoms with Gasteiger partial charge in [-0.2, -0.15) is 0 Å². The lowest BCUT2D eigenvalue weighted by Gasteiger charge is -2.39. The molecule has 0 unspecified atom stereocenters. The Morgan fingerprint density at radius 2 is 2.00 bits per heavy atom. The molecule has 0 amide bonds. The van der Waals surface area contributed by atoms with Crippen LogP contribution in [-0.2, 0) is 6.54 Å². The smallest absolute Gasteiger partial charge is 0.161 e. The van der Waals surface area contributed by atoms with Crippen molar-refractivity contribution in [2.24, 2.45) is 0 Å². The van der Waals surface area contributed by atoms with Crippen LogP contribution >= 0.6 is 0 Å². The topological polar surface area (TPSA) is 33.7 Å². The molecule has 0 saturated carbocycles. The van der Waals surface area contributed by atoms with E-state index in [4.69, 9.17) is 9.47 Å². The van der Waals surface area contributed by atoms with Crippen LogP contribution in [0.25, 0.3) is 0 Å². The summed E-state index contributed by atoms with van der Waals surface area (Å²) in [6.07, 6.45) is 0. The predicted octanol–water partition coefficient (Wildman–Crippen LogP) is 1.64. The van der Waals surface area contributed by atoms with Gasteiger partial charge in [-0.3, -0.25) is 4.90 Å². The van der Waals surface area contributed by atoms with Gasteiger partial charge in [-0.1, -0.05) is 6.07 Å². The Hall–Kier alpha value is -1.26. The molecule has 1 N–H and O–H groups in total. The van der Waals surface area contributed by atoms with Gasteiger partial charge in [0.15, 0.2) is 11.5 Å². The number of nitrogens with one attached hydrogen (secondary N) is 1. The van der Waals surface area contributed by atoms with Crippen molar-refractivity contribution < 1.29 is 9.47 Å². The lowest BCUT2D eigenvalue weighted by Crippen LogP contribution is -2.56. The van der Waals surface area contributed by atoms with Gasteiger partial charge in [0.1, 0.15) is 13.2 Å². The van der Waals surface area contributed by atoms with Gasteiger partial charge in [0, 0.05) is 31.7 Å². The first-order chi connectivity index (χ1) is 9.12. The molecule has 0 bridgehead atoms. The molecule has 2 aliphatic heterocycles. The number of rotatable bonds is 2. The molecule has 4 nitrogen and oxygen atoms in total. The van der Waals surface area contributed by atoms with E-state index in [1.54, 1.807) is 0 Å². The molecule has 104 valence electrons. The van der Waals surface area contributed by atoms with Gasteiger partial charge >= 0.3 is 0 Å². The highest BCUT2D eigenvalue weighted by molar-refractivity contribution is 5.43. The molecule has 19 heavy (non-hydrogen) atoms. The molecule has 1 aromatic rings. The number of nitrogens with zero attached hydrogens (tertiary/aromatic N) is 1. The van der Waals surface area contributed by atoms with Gasteiger partial charge in [-0.05, 0) is 31.5 Å². The molecule has 4 heteroatoms. The number of hydrogen-bond acceptors (Lipinski definition) is 4. The van der Waals surface area contributed by atoms with Crippen molar-refractivity contribution in [2.75, 3.05) is 32.8 Å². The Morgan fingerprint density at radius 1 is 1.21 bits per heavy atom. The standard InChI is InChI=1S/C15H22N2O2/c1-15(2)11-17(6-5-16-15)10-12-3-4-13-14(9-12)19-8-7-18-13/h3-4,9,16H,5-8,10-11H2,1-2H3. The van der Waals surface area contributed by atoms with Crippen LogP contribution in [0, 0.1) is 0 Å². The van der Waals surface area contributed by atoms with Crippen LogP contribution in [0.4, 0.5) is 0 Å². The second-order valence-corrected chi connectivity index (χ2v) is 6.00. The quantitative estimate of drug-likeness (QED) is 0.878. The van der Waals surface area contributed by atoms with Gasteiger partial charge in [0.05, 0.1) is 0 Å². The molecule has 0 spiro atoms. The molecule has 1 aromatic carbocycles. The predicted molar refractivity (Wildman–Crippen MR) is 74.8 cm³/mol. The van der Waals surface area contributed by atoms with Crippen LogP contribution in [0.2, 0.25) is 0 Å². The van der Waals surface area contributed by atoms with Crippen molar-refractivity contribution >= 4 is 0 Å². The zero-order valence-corrected chi connectivity index (χ0v) is 11.7. The number of ether oxygens (including phenoxy) is 2. The van der Waals surface area contributed by atoms with Crippen molar-refractivity contribution in [3.8, 4) is 11.5 Å². The number of fused-ring (bicyclic) bond motifs is 1. The highest BCUT2D eigenvalue weighted by atomic mass is 16.6. The fourth-order valence-electron chi connectivity index (χ4n) is 2.83. The van der Waals surface area contributed by atoms with Crippen molar-refractivity contribution in [1.82, 2.24) is 10.2 Å². The zero-order chi connectivity index (χ0) is 13.3. The molecule has 2 aliphatic rings. The maximum atomic E-state index is 5.64. The molecule has 1 saturated heterocycles. The lowest BCUT2D eigenvalue weighted by molar-refractivity contribution is 0.147. The van der Waals surface area contributed by atoms with Crippen LogP contribution in [-0.4, -0.2) is 43.3 Å². The van der Waals surface area contributed by atoms with E-state index in [0.717, 1.165) is 37.7 Å². The van der Waals surface area contributed by atoms with Gasteiger partial charge in [-0.15, -0.1) is 0 Å². The third-order valence-electron chi connectivity index (χ3n) is 3.66. The van der Waals surface area contributed by atoms with Crippen LogP contribution in [0.3, 0.4) is 0 Å². The second-order valence-electron chi connectivity index (χ2n) is 6.00. The summed E-state index contributed by atoms with van der Waals surface area (Å²) < 4.78 is 11.2. The molecule has 0 atom stereocenters. The SMILES string of the molecule is CC1(C)CN(Cc2ccc3c(c2)OCCO3)CCN1. The Balaban J connectivity index is 1.69. The molecule has 3 rings (SSSR count). The fraction of sp³-hybridized carbons (Fsp3) is 0.600. The monoisotopic (exact) mass is 262 g/mol. The largest absolute Gasteiger partial charge is 0.486 e. The number of piperazine rings is 1. The van der Waals surface area contributed by atoms with Crippen LogP contribution < -0.4 is 14.8 Å². The molecule has 0 aromatic heterocycles. The molecule has 2 heterocycles. The van der Waals surface area contributed by atoms with Gasteiger partial charge in [-0.25, -0.2) is 0 Å². The summed E-state index contributed by atoms with van der Waals surface area (Å²) in [6, 6.07) is 6.28. The molecular formula is C15H22N2O2. The van der Waals surface area contributed by atoms with Crippen LogP contribution in [0.1, 0.15) is 19.4 Å². The third-order valence-corrected chi connectivity index (χ3v) is 3.66. The Morgan fingerprint density at radius 3 is 2.79 bits per heavy atom. The summed E-state index contributed by atoms with van der Waals surface area (Å²) in [5.41, 5.74) is 1.49. The minimum Gasteiger partial charge on any atom is -0.486 e. The second kappa shape index (κ2) is 5.02. The molecule has 1 fully saturated rings. The zero-order valence-electron chi connectivity index (χ0n) is 11.7. The Labute approximate surface area is 114 Å². The van der Waals surface area contributed by atoms with Crippen LogP contribution in [0.5, 0.6) is 11.5 Å². The van der Waals surface area contributed by atoms with E-state index >= 15 is 0 Å². The van der Waals surface area contributed by atoms with Crippen molar-refractivity contribution in [3.05, 3.63) is 23.8 Å². The van der Waals surface area contributed by atoms with E-state index in [2.05, 4.69) is 36.2 Å². The summed E-state index contributed by atoms with van der Waals surface area (Å²) in [6.45, 7) is 10.0. The van der Waals surface area contributed by atoms with Gasteiger partial charge in [0.2, 0.25) is 0 Å². The summed E-state index contributed by atoms with van der Waals surface area (Å²) in [5, 5.41) is 3.54. The van der Waals surface area contributed by atoms with Crippen LogP contribution in [0.15, 0.2) is 18.2 Å². The van der Waals surface area contributed by atoms with E-state index < -0.39 is 0 Å². The summed E-state index contributed by atoms with van der Waals surface area (Å²) in [4.78, 5) is 2.49. The minimum absolute atomic E-state index is 0.200. The first kappa shape index (κ1) is 12.8. The average Bonchev–Trinajstić information content (AvgIpc) is 2.37. The van der Waals surface area contributed by atoms with Gasteiger partial charge < -0.3 is 14.8 Å². The summed E-state index contributed by atoms with van der Waals surface area (Å²) >= 11 is 0. The molecule has 0 aliphatic carbocycles. The highest BCUT2D eigenvalue weighted by Gasteiger charge is 2.25. The average molecular weight is 262 g/mol. The van der Waals surface area contributed by atoms with E-state index in [1.165, 1.54) is 5.56 Å². The van der Waals surface area contributed by atoms with Crippen molar-refractivity contribution in [3.63, 3.8) is 0 Å². The minimum atomic E-state index is 0.200. The number of benzene rings is 1. The summed E-state index contributed by atoms with van der Waals surface area (Å²) in [7, 11) is 0. The van der Waals surface area contributed by atoms with Crippen molar-refractivity contribution in [1.29, 1.82) is 0 Å². The fourth-order valence-corrected chi connectivity index (χ4v) is 2.83. The van der Waals surface area contributed by atoms with Gasteiger partial charge in [0.25, 0.3) is 0 Å². The number of hydrogen-bond donors (Lipinski definition) is 1. The first-order valence-corrected chi connectivity index (χ1v) is 6.98. The Bertz CT molecular complexity index is 459. The highest BCUT2D eigenvalue weighted by Crippen LogP contribution is 2.31. The third kappa shape index (κ3) is 3.01. The Kier molecular flexibility index (Phi) is 3.37. The van der Waals surface area contributed by atoms with E-state index in [1.807, 2.05) is 6.07 Å². The maximum Gasteiger partial charge on any atom is 0.161 e. The first-order valence-electron chi connectivity index (χ1n) is 6.98. The van der Waals surface area contributed by atoms with Crippen molar-refractivity contribution in [2.45, 2.75) is 25.9 Å². The summed E-state index contributed by atoms with van der Waals surface area (Å²) in [5.74, 6) is 1.76. The van der Waals surface area contributed by atoms with E-state index in [-0.39, 0.29) is 5.54 Å². The molecular weight excluding hydrogens is 240 g/mol. The lowest BCUT2D eigenvalue weighted by atomic mass is 10.0. The van der Waals surface area contributed by atoms with E-state index in [0.29, 0.717) is 13.2 Å². The maximum absolute atomic E-state index is 5.64. The normalized spacial score (nSPS) is 22.2. The molecule has 0 radical (unpaired) electrons.